The van der Waals surface area contributed by atoms with Crippen LogP contribution in [0.5, 0.6) is 5.75 Å². The van der Waals surface area contributed by atoms with Crippen LogP contribution in [-0.4, -0.2) is 36.4 Å². The lowest BCUT2D eigenvalue weighted by Gasteiger charge is -2.39. The summed E-state index contributed by atoms with van der Waals surface area (Å²) in [5.41, 5.74) is 0.397. The zero-order valence-corrected chi connectivity index (χ0v) is 14.8. The average molecular weight is 367 g/mol. The third-order valence-corrected chi connectivity index (χ3v) is 5.43. The number of sulfonamides is 1. The molecule has 0 saturated carbocycles. The summed E-state index contributed by atoms with van der Waals surface area (Å²) in [5.74, 6) is 0.352. The van der Waals surface area contributed by atoms with Gasteiger partial charge in [0.2, 0.25) is 10.0 Å². The van der Waals surface area contributed by atoms with Crippen molar-refractivity contribution < 1.29 is 23.1 Å². The SMILES string of the molecule is CSC(Oc1ccccc1)(c1ccccc1)N(C(=O)O)S(C)(=O)=O. The quantitative estimate of drug-likeness (QED) is 0.790. The molecule has 0 heterocycles. The molecular weight excluding hydrogens is 350 g/mol. The van der Waals surface area contributed by atoms with E-state index in [2.05, 4.69) is 0 Å². The van der Waals surface area contributed by atoms with Crippen molar-refractivity contribution in [3.8, 4) is 5.75 Å². The van der Waals surface area contributed by atoms with Crippen LogP contribution in [0.2, 0.25) is 0 Å². The Morgan fingerprint density at radius 3 is 2.00 bits per heavy atom. The number of nitrogens with zero attached hydrogens (tertiary/aromatic N) is 1. The maximum absolute atomic E-state index is 12.2. The van der Waals surface area contributed by atoms with Crippen molar-refractivity contribution in [2.24, 2.45) is 0 Å². The highest BCUT2D eigenvalue weighted by Crippen LogP contribution is 2.42. The topological polar surface area (TPSA) is 83.9 Å². The second kappa shape index (κ2) is 7.14. The Morgan fingerprint density at radius 2 is 1.58 bits per heavy atom. The monoisotopic (exact) mass is 367 g/mol. The predicted molar refractivity (Wildman–Crippen MR) is 93.4 cm³/mol. The Balaban J connectivity index is 2.70. The highest BCUT2D eigenvalue weighted by atomic mass is 32.2. The zero-order chi connectivity index (χ0) is 17.8. The van der Waals surface area contributed by atoms with Crippen molar-refractivity contribution >= 4 is 27.9 Å². The third kappa shape index (κ3) is 3.65. The number of hydrogen-bond acceptors (Lipinski definition) is 5. The number of amides is 1. The lowest BCUT2D eigenvalue weighted by molar-refractivity contribution is 0.0500. The van der Waals surface area contributed by atoms with E-state index in [0.29, 0.717) is 15.6 Å². The highest BCUT2D eigenvalue weighted by molar-refractivity contribution is 8.00. The largest absolute Gasteiger partial charge is 0.464 e. The number of carboxylic acid groups (broad SMARTS) is 1. The van der Waals surface area contributed by atoms with Crippen LogP contribution in [-0.2, 0) is 15.1 Å². The molecule has 0 aliphatic carbocycles. The fourth-order valence-electron chi connectivity index (χ4n) is 2.24. The molecule has 0 saturated heterocycles. The van der Waals surface area contributed by atoms with E-state index >= 15 is 0 Å². The van der Waals surface area contributed by atoms with E-state index in [1.165, 1.54) is 0 Å². The van der Waals surface area contributed by atoms with Gasteiger partial charge in [-0.3, -0.25) is 0 Å². The van der Waals surface area contributed by atoms with Gasteiger partial charge in [0.15, 0.2) is 0 Å². The lowest BCUT2D eigenvalue weighted by atomic mass is 10.2. The Morgan fingerprint density at radius 1 is 1.08 bits per heavy atom. The molecule has 0 spiro atoms. The van der Waals surface area contributed by atoms with Crippen molar-refractivity contribution in [1.29, 1.82) is 0 Å². The first-order valence-electron chi connectivity index (χ1n) is 6.89. The Kier molecular flexibility index (Phi) is 5.40. The van der Waals surface area contributed by atoms with Gasteiger partial charge in [0.05, 0.1) is 6.26 Å². The fraction of sp³-hybridized carbons (Fsp3) is 0.188. The standard InChI is InChI=1S/C16H17NO5S2/c1-23-16(13-9-5-3-6-10-13,17(15(18)19)24(2,20)21)22-14-11-7-4-8-12-14/h3-12H,1-2H3,(H,18,19). The molecule has 128 valence electrons. The highest BCUT2D eigenvalue weighted by Gasteiger charge is 2.49. The summed E-state index contributed by atoms with van der Waals surface area (Å²) in [5, 5.41) is 7.79. The smallest absolute Gasteiger partial charge is 0.425 e. The van der Waals surface area contributed by atoms with Crippen LogP contribution in [0, 0.1) is 0 Å². The van der Waals surface area contributed by atoms with E-state index < -0.39 is 21.2 Å². The van der Waals surface area contributed by atoms with E-state index in [0.717, 1.165) is 18.0 Å². The molecule has 2 aromatic carbocycles. The second-order valence-corrected chi connectivity index (χ2v) is 7.67. The van der Waals surface area contributed by atoms with Crippen LogP contribution in [0.3, 0.4) is 0 Å². The molecular formula is C16H17NO5S2. The Labute approximate surface area is 145 Å². The minimum atomic E-state index is -4.11. The Bertz CT molecular complexity index is 796. The predicted octanol–water partition coefficient (Wildman–Crippen LogP) is 3.18. The van der Waals surface area contributed by atoms with Gasteiger partial charge >= 0.3 is 6.09 Å². The average Bonchev–Trinajstić information content (AvgIpc) is 2.54. The summed E-state index contributed by atoms with van der Waals surface area (Å²) in [6.07, 6.45) is 0.812. The van der Waals surface area contributed by atoms with Crippen LogP contribution in [0.1, 0.15) is 5.56 Å². The van der Waals surface area contributed by atoms with Crippen LogP contribution in [0.15, 0.2) is 60.7 Å². The summed E-state index contributed by atoms with van der Waals surface area (Å²) in [6.45, 7) is 0. The molecule has 1 N–H and O–H groups in total. The first-order chi connectivity index (χ1) is 11.3. The maximum Gasteiger partial charge on any atom is 0.425 e. The molecule has 24 heavy (non-hydrogen) atoms. The molecule has 0 aromatic heterocycles. The van der Waals surface area contributed by atoms with Crippen molar-refractivity contribution in [2.75, 3.05) is 12.5 Å². The molecule has 0 aliphatic rings. The molecule has 0 aliphatic heterocycles. The number of benzene rings is 2. The van der Waals surface area contributed by atoms with Crippen molar-refractivity contribution in [3.05, 3.63) is 66.2 Å². The van der Waals surface area contributed by atoms with Gasteiger partial charge in [-0.25, -0.2) is 13.2 Å². The number of thioether (sulfide) groups is 1. The third-order valence-electron chi connectivity index (χ3n) is 3.19. The van der Waals surface area contributed by atoms with Gasteiger partial charge in [-0.2, -0.15) is 0 Å². The zero-order valence-electron chi connectivity index (χ0n) is 13.1. The number of para-hydroxylation sites is 1. The lowest BCUT2D eigenvalue weighted by Crippen LogP contribution is -2.53. The molecule has 1 atom stereocenters. The van der Waals surface area contributed by atoms with Gasteiger partial charge in [0, 0.05) is 5.56 Å². The minimum Gasteiger partial charge on any atom is -0.464 e. The van der Waals surface area contributed by atoms with Crippen molar-refractivity contribution in [1.82, 2.24) is 4.31 Å². The number of hydrogen-bond donors (Lipinski definition) is 1. The molecule has 0 radical (unpaired) electrons. The van der Waals surface area contributed by atoms with E-state index in [1.54, 1.807) is 66.9 Å². The Hall–Kier alpha value is -2.19. The van der Waals surface area contributed by atoms with Crippen molar-refractivity contribution in [2.45, 2.75) is 5.06 Å². The normalized spacial score (nSPS) is 13.8. The van der Waals surface area contributed by atoms with Crippen LogP contribution < -0.4 is 4.74 Å². The molecule has 6 nitrogen and oxygen atoms in total. The van der Waals surface area contributed by atoms with E-state index in [9.17, 15) is 18.3 Å². The van der Waals surface area contributed by atoms with E-state index in [-0.39, 0.29) is 0 Å². The molecule has 0 bridgehead atoms. The van der Waals surface area contributed by atoms with Crippen molar-refractivity contribution in [3.63, 3.8) is 0 Å². The van der Waals surface area contributed by atoms with Gasteiger partial charge in [-0.15, -0.1) is 4.31 Å². The fourth-order valence-corrected chi connectivity index (χ4v) is 4.53. The second-order valence-electron chi connectivity index (χ2n) is 4.88. The van der Waals surface area contributed by atoms with Gasteiger partial charge in [0.25, 0.3) is 5.06 Å². The van der Waals surface area contributed by atoms with Gasteiger partial charge in [-0.05, 0) is 18.4 Å². The first-order valence-corrected chi connectivity index (χ1v) is 9.96. The molecule has 0 fully saturated rings. The molecule has 1 unspecified atom stereocenters. The maximum atomic E-state index is 12.2. The molecule has 2 aromatic rings. The van der Waals surface area contributed by atoms with Gasteiger partial charge in [-0.1, -0.05) is 60.3 Å². The van der Waals surface area contributed by atoms with Crippen LogP contribution in [0.4, 0.5) is 4.79 Å². The van der Waals surface area contributed by atoms with Gasteiger partial charge < -0.3 is 9.84 Å². The number of ether oxygens (including phenoxy) is 1. The summed E-state index contributed by atoms with van der Waals surface area (Å²) < 4.78 is 30.6. The number of carbonyl (C=O) groups is 1. The summed E-state index contributed by atoms with van der Waals surface area (Å²) in [4.78, 5) is 11.8. The summed E-state index contributed by atoms with van der Waals surface area (Å²) in [6, 6.07) is 16.9. The molecule has 8 heteroatoms. The molecule has 2 rings (SSSR count). The first kappa shape index (κ1) is 18.2. The molecule has 1 amide bonds. The summed E-state index contributed by atoms with van der Waals surface area (Å²) >= 11 is 0.972. The van der Waals surface area contributed by atoms with Crippen LogP contribution in [0.25, 0.3) is 0 Å². The van der Waals surface area contributed by atoms with Crippen LogP contribution >= 0.6 is 11.8 Å². The minimum absolute atomic E-state index is 0.340. The van der Waals surface area contributed by atoms with Gasteiger partial charge in [0.1, 0.15) is 5.75 Å². The van der Waals surface area contributed by atoms with E-state index in [4.69, 9.17) is 4.74 Å². The van der Waals surface area contributed by atoms with E-state index in [1.807, 2.05) is 0 Å². The summed E-state index contributed by atoms with van der Waals surface area (Å²) in [7, 11) is -4.11. The number of rotatable bonds is 6.